The van der Waals surface area contributed by atoms with E-state index in [9.17, 15) is 19.2 Å². The van der Waals surface area contributed by atoms with E-state index in [0.717, 1.165) is 80.8 Å². The molecule has 4 amide bonds. The van der Waals surface area contributed by atoms with Crippen molar-refractivity contribution in [3.8, 4) is 0 Å². The molecule has 2 aromatic rings. The Morgan fingerprint density at radius 3 is 1.88 bits per heavy atom. The highest BCUT2D eigenvalue weighted by Crippen LogP contribution is 2.51. The van der Waals surface area contributed by atoms with Crippen LogP contribution in [0, 0.1) is 17.8 Å². The molecule has 2 aliphatic carbocycles. The molecule has 16 nitrogen and oxygen atoms in total. The number of morpholine rings is 1. The van der Waals surface area contributed by atoms with Crippen LogP contribution in [0.5, 0.6) is 0 Å². The van der Waals surface area contributed by atoms with Crippen molar-refractivity contribution in [1.29, 1.82) is 0 Å². The quantitative estimate of drug-likeness (QED) is 0.254. The van der Waals surface area contributed by atoms with Gasteiger partial charge in [0.15, 0.2) is 0 Å². The van der Waals surface area contributed by atoms with E-state index >= 15 is 0 Å². The number of hydrogen-bond donors (Lipinski definition) is 4. The van der Waals surface area contributed by atoms with Crippen LogP contribution in [0.1, 0.15) is 132 Å². The molecular formula is C42H61N9O7. The van der Waals surface area contributed by atoms with Crippen LogP contribution in [0.15, 0.2) is 24.7 Å². The molecule has 0 spiro atoms. The zero-order valence-electron chi connectivity index (χ0n) is 34.7. The van der Waals surface area contributed by atoms with Crippen LogP contribution in [0.25, 0.3) is 0 Å². The lowest BCUT2D eigenvalue weighted by Crippen LogP contribution is -2.62. The fraction of sp³-hybridized carbons (Fsp3) is 0.714. The molecule has 58 heavy (non-hydrogen) atoms. The number of carbonyl (C=O) groups is 4. The third-order valence-electron chi connectivity index (χ3n) is 13.9. The molecule has 5 fully saturated rings. The Morgan fingerprint density at radius 2 is 1.31 bits per heavy atom. The number of fused-ring (bicyclic) bond motifs is 2. The topological polar surface area (TPSA) is 187 Å². The number of imidazole rings is 2. The lowest BCUT2D eigenvalue weighted by molar-refractivity contribution is -0.167. The summed E-state index contributed by atoms with van der Waals surface area (Å²) in [5.41, 5.74) is 2.21. The maximum absolute atomic E-state index is 13.8. The second-order valence-corrected chi connectivity index (χ2v) is 17.9. The number of alkyl carbamates (subject to hydrolysis) is 2. The summed E-state index contributed by atoms with van der Waals surface area (Å²) in [5, 5.41) is 5.48. The monoisotopic (exact) mass is 803 g/mol. The van der Waals surface area contributed by atoms with Gasteiger partial charge >= 0.3 is 12.2 Å². The minimum absolute atomic E-state index is 0.0925. The molecule has 0 aromatic carbocycles. The molecule has 4 aliphatic heterocycles. The van der Waals surface area contributed by atoms with Crippen molar-refractivity contribution in [1.82, 2.24) is 45.3 Å². The summed E-state index contributed by atoms with van der Waals surface area (Å²) in [6.07, 6.45) is 16.0. The normalized spacial score (nSPS) is 31.2. The van der Waals surface area contributed by atoms with Crippen LogP contribution in [0.4, 0.5) is 9.59 Å². The second kappa shape index (κ2) is 16.6. The number of rotatable bonds is 10. The maximum Gasteiger partial charge on any atom is 0.407 e. The van der Waals surface area contributed by atoms with Gasteiger partial charge in [0.25, 0.3) is 0 Å². The Balaban J connectivity index is 0.931. The summed E-state index contributed by atoms with van der Waals surface area (Å²) in [7, 11) is 2.61. The van der Waals surface area contributed by atoms with Crippen LogP contribution >= 0.6 is 0 Å². The van der Waals surface area contributed by atoms with E-state index in [1.165, 1.54) is 14.2 Å². The van der Waals surface area contributed by atoms with Crippen LogP contribution in [0.3, 0.4) is 0 Å². The third-order valence-corrected chi connectivity index (χ3v) is 13.9. The summed E-state index contributed by atoms with van der Waals surface area (Å²) >= 11 is 0. The number of carbonyl (C=O) groups excluding carboxylic acids is 4. The molecule has 11 atom stereocenters. The first kappa shape index (κ1) is 40.2. The van der Waals surface area contributed by atoms with Crippen molar-refractivity contribution in [3.63, 3.8) is 0 Å². The summed E-state index contributed by atoms with van der Waals surface area (Å²) < 4.78 is 16.6. The lowest BCUT2D eigenvalue weighted by atomic mass is 9.71. The number of H-pyrrole nitrogens is 2. The Morgan fingerprint density at radius 1 is 0.759 bits per heavy atom. The van der Waals surface area contributed by atoms with Gasteiger partial charge in [-0.1, -0.05) is 33.8 Å². The number of aromatic amines is 2. The van der Waals surface area contributed by atoms with Gasteiger partial charge in [-0.3, -0.25) is 9.59 Å². The van der Waals surface area contributed by atoms with E-state index in [0.29, 0.717) is 13.1 Å². The standard InChI is InChI=1S/C42H61N9O7/c1-22(2)34(47-41(54)56-5)39(52)50-16-7-9-29(50)37-43-20-27(45-37)24-11-13-32-31(19-24)49-18-15-26-25(12-14-33(58-32)36(26)49)28-21-44-38(46-28)30-10-8-17-51(30)40(53)35(23(3)4)48-42(55)57-6/h15,18,20-26,29-36H,7-14,16-17,19H2,1-6H3,(H,43,45)(H,44,46)(H,47,54)(H,48,55). The zero-order valence-corrected chi connectivity index (χ0v) is 34.7. The first-order valence-corrected chi connectivity index (χ1v) is 21.5. The van der Waals surface area contributed by atoms with Crippen molar-refractivity contribution in [3.05, 3.63) is 47.7 Å². The lowest BCUT2D eigenvalue weighted by Gasteiger charge is -2.54. The maximum atomic E-state index is 13.8. The molecule has 316 valence electrons. The highest BCUT2D eigenvalue weighted by Gasteiger charge is 2.54. The van der Waals surface area contributed by atoms with Crippen molar-refractivity contribution in [2.75, 3.05) is 27.3 Å². The van der Waals surface area contributed by atoms with E-state index in [2.05, 4.69) is 37.8 Å². The number of hydrogen-bond acceptors (Lipinski definition) is 10. The molecule has 11 unspecified atom stereocenters. The molecule has 3 saturated heterocycles. The minimum atomic E-state index is -0.675. The van der Waals surface area contributed by atoms with Gasteiger partial charge in [-0.2, -0.15) is 0 Å². The van der Waals surface area contributed by atoms with Crippen molar-refractivity contribution in [2.24, 2.45) is 17.8 Å². The molecule has 8 rings (SSSR count). The zero-order chi connectivity index (χ0) is 40.8. The number of ether oxygens (including phenoxy) is 3. The van der Waals surface area contributed by atoms with E-state index in [-0.39, 0.29) is 77.8 Å². The molecule has 4 N–H and O–H groups in total. The highest BCUT2D eigenvalue weighted by atomic mass is 16.5. The number of likely N-dealkylation sites (tertiary alicyclic amines) is 2. The minimum Gasteiger partial charge on any atom is -0.453 e. The van der Waals surface area contributed by atoms with Crippen LogP contribution in [-0.2, 0) is 23.8 Å². The summed E-state index contributed by atoms with van der Waals surface area (Å²) in [6, 6.07) is -1.20. The third kappa shape index (κ3) is 7.45. The highest BCUT2D eigenvalue weighted by molar-refractivity contribution is 5.87. The van der Waals surface area contributed by atoms with Gasteiger partial charge in [-0.05, 0) is 75.8 Å². The number of aromatic nitrogens is 4. The van der Waals surface area contributed by atoms with E-state index in [1.54, 1.807) is 0 Å². The fourth-order valence-electron chi connectivity index (χ4n) is 10.9. The molecule has 16 heteroatoms. The first-order chi connectivity index (χ1) is 28.0. The summed E-state index contributed by atoms with van der Waals surface area (Å²) in [5.74, 6) is 2.02. The van der Waals surface area contributed by atoms with Crippen molar-refractivity contribution in [2.45, 2.75) is 146 Å². The second-order valence-electron chi connectivity index (χ2n) is 17.9. The van der Waals surface area contributed by atoms with E-state index in [4.69, 9.17) is 24.2 Å². The number of nitrogens with zero attached hydrogens (tertiary/aromatic N) is 5. The van der Waals surface area contributed by atoms with Crippen LogP contribution < -0.4 is 10.6 Å². The molecule has 2 aromatic heterocycles. The molecule has 0 bridgehead atoms. The average Bonchev–Trinajstić information content (AvgIpc) is 4.07. The summed E-state index contributed by atoms with van der Waals surface area (Å²) in [6.45, 7) is 8.94. The molecule has 2 saturated carbocycles. The van der Waals surface area contributed by atoms with Crippen molar-refractivity contribution < 1.29 is 33.4 Å². The molecular weight excluding hydrogens is 743 g/mol. The number of amides is 4. The van der Waals surface area contributed by atoms with Gasteiger partial charge in [0.2, 0.25) is 11.8 Å². The molecule has 6 aliphatic rings. The smallest absolute Gasteiger partial charge is 0.407 e. The number of methoxy groups -OCH3 is 2. The predicted molar refractivity (Wildman–Crippen MR) is 212 cm³/mol. The van der Waals surface area contributed by atoms with Gasteiger partial charge < -0.3 is 49.5 Å². The molecule has 6 heterocycles. The largest absolute Gasteiger partial charge is 0.453 e. The molecule has 0 radical (unpaired) electrons. The van der Waals surface area contributed by atoms with Gasteiger partial charge in [0, 0.05) is 54.6 Å². The van der Waals surface area contributed by atoms with Gasteiger partial charge in [0.1, 0.15) is 23.7 Å². The summed E-state index contributed by atoms with van der Waals surface area (Å²) in [4.78, 5) is 75.0. The van der Waals surface area contributed by atoms with Crippen LogP contribution in [0.2, 0.25) is 0 Å². The van der Waals surface area contributed by atoms with Crippen LogP contribution in [-0.4, -0.2) is 122 Å². The van der Waals surface area contributed by atoms with Gasteiger partial charge in [-0.15, -0.1) is 0 Å². The number of nitrogens with one attached hydrogen (secondary N) is 4. The average molecular weight is 804 g/mol. The van der Waals surface area contributed by atoms with E-state index < -0.39 is 24.3 Å². The van der Waals surface area contributed by atoms with Gasteiger partial charge in [0.05, 0.1) is 50.6 Å². The Labute approximate surface area is 340 Å². The SMILES string of the molecule is COC(=O)NC(C(=O)N1CCCC1c1ncc(C2CCC3OC4CCC(c5cnc(C6CCCN6C(=O)C(NC(=O)OC)C(C)C)[nH]5)C5C=CN(C3C2)C45)[nH]1)C(C)C. The Kier molecular flexibility index (Phi) is 11.5. The van der Waals surface area contributed by atoms with E-state index in [1.807, 2.05) is 49.9 Å². The first-order valence-electron chi connectivity index (χ1n) is 21.5. The Bertz CT molecular complexity index is 1860. The predicted octanol–water partition coefficient (Wildman–Crippen LogP) is 5.02. The van der Waals surface area contributed by atoms with Crippen molar-refractivity contribution >= 4 is 24.0 Å². The Hall–Kier alpha value is -4.60. The van der Waals surface area contributed by atoms with Gasteiger partial charge in [-0.25, -0.2) is 19.6 Å². The fourth-order valence-corrected chi connectivity index (χ4v) is 10.9.